The van der Waals surface area contributed by atoms with Crippen molar-refractivity contribution in [3.8, 4) is 0 Å². The molecule has 0 amide bonds. The summed E-state index contributed by atoms with van der Waals surface area (Å²) in [4.78, 5) is 9.00. The lowest BCUT2D eigenvalue weighted by Gasteiger charge is -2.36. The van der Waals surface area contributed by atoms with Gasteiger partial charge in [0.15, 0.2) is 5.82 Å². The Labute approximate surface area is 129 Å². The molecule has 1 aliphatic carbocycles. The summed E-state index contributed by atoms with van der Waals surface area (Å²) < 4.78 is 5.45. The first-order chi connectivity index (χ1) is 10.2. The van der Waals surface area contributed by atoms with E-state index in [1.165, 1.54) is 32.1 Å². The van der Waals surface area contributed by atoms with Crippen molar-refractivity contribution < 1.29 is 4.52 Å². The molecule has 5 nitrogen and oxygen atoms in total. The summed E-state index contributed by atoms with van der Waals surface area (Å²) in [7, 11) is 2.04. The lowest BCUT2D eigenvalue weighted by molar-refractivity contribution is 0.221. The van der Waals surface area contributed by atoms with E-state index in [1.807, 2.05) is 19.4 Å². The number of thiazole rings is 1. The van der Waals surface area contributed by atoms with Crippen LogP contribution in [0.2, 0.25) is 0 Å². The molecule has 0 spiro atoms. The van der Waals surface area contributed by atoms with Crippen LogP contribution in [0.25, 0.3) is 0 Å². The summed E-state index contributed by atoms with van der Waals surface area (Å²) in [5.74, 6) is 1.48. The van der Waals surface area contributed by atoms with Crippen LogP contribution in [0.1, 0.15) is 54.5 Å². The molecule has 0 bridgehead atoms. The quantitative estimate of drug-likeness (QED) is 0.920. The van der Waals surface area contributed by atoms with Crippen molar-refractivity contribution in [3.63, 3.8) is 0 Å². The monoisotopic (exact) mass is 306 g/mol. The molecule has 1 aliphatic rings. The maximum atomic E-state index is 5.45. The maximum Gasteiger partial charge on any atom is 0.228 e. The highest BCUT2D eigenvalue weighted by Gasteiger charge is 2.32. The molecule has 2 aromatic rings. The fourth-order valence-electron chi connectivity index (χ4n) is 3.09. The van der Waals surface area contributed by atoms with Gasteiger partial charge in [0.2, 0.25) is 5.89 Å². The van der Waals surface area contributed by atoms with E-state index in [1.54, 1.807) is 11.3 Å². The number of aryl methyl sites for hydroxylation is 1. The molecule has 0 aromatic carbocycles. The second-order valence-corrected chi connectivity index (χ2v) is 6.87. The first-order valence-corrected chi connectivity index (χ1v) is 8.48. The van der Waals surface area contributed by atoms with E-state index in [0.717, 1.165) is 28.8 Å². The summed E-state index contributed by atoms with van der Waals surface area (Å²) in [5, 5.41) is 10.7. The molecule has 114 valence electrons. The summed E-state index contributed by atoms with van der Waals surface area (Å²) in [6, 6.07) is 0. The Morgan fingerprint density at radius 3 is 2.76 bits per heavy atom. The van der Waals surface area contributed by atoms with Crippen LogP contribution in [0.15, 0.2) is 9.90 Å². The third-order valence-corrected chi connectivity index (χ3v) is 5.28. The Kier molecular flexibility index (Phi) is 4.35. The van der Waals surface area contributed by atoms with Gasteiger partial charge in [-0.3, -0.25) is 0 Å². The highest BCUT2D eigenvalue weighted by molar-refractivity contribution is 7.09. The van der Waals surface area contributed by atoms with Gasteiger partial charge in [-0.05, 0) is 26.8 Å². The SMILES string of the molecule is CNC1(Cc2nc(Cc3nc(C)cs3)no2)CCCCC1. The Morgan fingerprint density at radius 2 is 2.10 bits per heavy atom. The van der Waals surface area contributed by atoms with Gasteiger partial charge in [0.25, 0.3) is 0 Å². The number of rotatable bonds is 5. The molecule has 21 heavy (non-hydrogen) atoms. The Hall–Kier alpha value is -1.27. The van der Waals surface area contributed by atoms with E-state index >= 15 is 0 Å². The van der Waals surface area contributed by atoms with Crippen molar-refractivity contribution in [2.45, 2.75) is 57.4 Å². The molecule has 2 aromatic heterocycles. The molecular weight excluding hydrogens is 284 g/mol. The molecule has 2 heterocycles. The third-order valence-electron chi connectivity index (χ3n) is 4.32. The van der Waals surface area contributed by atoms with Crippen LogP contribution in [-0.2, 0) is 12.8 Å². The van der Waals surface area contributed by atoms with Gasteiger partial charge in [-0.15, -0.1) is 11.3 Å². The summed E-state index contributed by atoms with van der Waals surface area (Å²) in [5.41, 5.74) is 1.19. The second-order valence-electron chi connectivity index (χ2n) is 5.93. The van der Waals surface area contributed by atoms with E-state index in [2.05, 4.69) is 20.4 Å². The molecule has 6 heteroatoms. The summed E-state index contributed by atoms with van der Waals surface area (Å²) in [6.07, 6.45) is 7.75. The number of hydrogen-bond acceptors (Lipinski definition) is 6. The zero-order valence-electron chi connectivity index (χ0n) is 12.7. The van der Waals surface area contributed by atoms with Gasteiger partial charge in [0, 0.05) is 23.0 Å². The number of likely N-dealkylation sites (N-methyl/N-ethyl adjacent to an activating group) is 1. The average Bonchev–Trinajstić information content (AvgIpc) is 3.10. The lowest BCUT2D eigenvalue weighted by atomic mass is 9.79. The minimum Gasteiger partial charge on any atom is -0.339 e. The number of nitrogens with zero attached hydrogens (tertiary/aromatic N) is 3. The first kappa shape index (κ1) is 14.7. The zero-order valence-corrected chi connectivity index (χ0v) is 13.5. The topological polar surface area (TPSA) is 63.8 Å². The van der Waals surface area contributed by atoms with Crippen LogP contribution in [0.3, 0.4) is 0 Å². The van der Waals surface area contributed by atoms with Gasteiger partial charge in [-0.1, -0.05) is 24.4 Å². The van der Waals surface area contributed by atoms with Gasteiger partial charge in [-0.25, -0.2) is 4.98 Å². The van der Waals surface area contributed by atoms with E-state index in [-0.39, 0.29) is 5.54 Å². The molecule has 1 N–H and O–H groups in total. The van der Waals surface area contributed by atoms with Crippen molar-refractivity contribution in [1.82, 2.24) is 20.4 Å². The molecule has 0 saturated heterocycles. The minimum atomic E-state index is 0.139. The average molecular weight is 306 g/mol. The fraction of sp³-hybridized carbons (Fsp3) is 0.667. The number of aromatic nitrogens is 3. The lowest BCUT2D eigenvalue weighted by Crippen LogP contribution is -2.46. The van der Waals surface area contributed by atoms with Gasteiger partial charge >= 0.3 is 0 Å². The molecule has 0 unspecified atom stereocenters. The molecular formula is C15H22N4OS. The Bertz CT molecular complexity index is 586. The molecule has 0 atom stereocenters. The van der Waals surface area contributed by atoms with Crippen LogP contribution >= 0.6 is 11.3 Å². The fourth-order valence-corrected chi connectivity index (χ4v) is 3.85. The Morgan fingerprint density at radius 1 is 1.29 bits per heavy atom. The molecule has 0 aliphatic heterocycles. The second kappa shape index (κ2) is 6.23. The van der Waals surface area contributed by atoms with Crippen LogP contribution in [-0.4, -0.2) is 27.7 Å². The van der Waals surface area contributed by atoms with Gasteiger partial charge in [0.1, 0.15) is 5.01 Å². The predicted octanol–water partition coefficient (Wildman–Crippen LogP) is 2.89. The number of nitrogens with one attached hydrogen (secondary N) is 1. The van der Waals surface area contributed by atoms with Crippen LogP contribution in [0.4, 0.5) is 0 Å². The highest BCUT2D eigenvalue weighted by atomic mass is 32.1. The highest BCUT2D eigenvalue weighted by Crippen LogP contribution is 2.30. The molecule has 3 rings (SSSR count). The van der Waals surface area contributed by atoms with Crippen LogP contribution in [0, 0.1) is 6.92 Å². The Balaban J connectivity index is 1.66. The smallest absolute Gasteiger partial charge is 0.228 e. The predicted molar refractivity (Wildman–Crippen MR) is 82.5 cm³/mol. The largest absolute Gasteiger partial charge is 0.339 e. The van der Waals surface area contributed by atoms with E-state index in [4.69, 9.17) is 4.52 Å². The standard InChI is InChI=1S/C15H22N4OS/c1-11-10-21-14(17-11)8-12-18-13(20-19-12)9-15(16-2)6-4-3-5-7-15/h10,16H,3-9H2,1-2H3. The molecule has 1 saturated carbocycles. The van der Waals surface area contributed by atoms with Crippen molar-refractivity contribution in [1.29, 1.82) is 0 Å². The van der Waals surface area contributed by atoms with E-state index < -0.39 is 0 Å². The summed E-state index contributed by atoms with van der Waals surface area (Å²) in [6.45, 7) is 2.00. The maximum absolute atomic E-state index is 5.45. The zero-order chi connectivity index (χ0) is 14.7. The van der Waals surface area contributed by atoms with Crippen molar-refractivity contribution in [2.75, 3.05) is 7.05 Å². The normalized spacial score (nSPS) is 18.0. The number of hydrogen-bond donors (Lipinski definition) is 1. The third kappa shape index (κ3) is 3.49. The molecule has 0 radical (unpaired) electrons. The van der Waals surface area contributed by atoms with E-state index in [9.17, 15) is 0 Å². The first-order valence-electron chi connectivity index (χ1n) is 7.60. The van der Waals surface area contributed by atoms with Crippen molar-refractivity contribution in [3.05, 3.63) is 27.8 Å². The van der Waals surface area contributed by atoms with Gasteiger partial charge < -0.3 is 9.84 Å². The van der Waals surface area contributed by atoms with E-state index in [0.29, 0.717) is 6.42 Å². The van der Waals surface area contributed by atoms with Gasteiger partial charge in [-0.2, -0.15) is 4.98 Å². The van der Waals surface area contributed by atoms with Gasteiger partial charge in [0.05, 0.1) is 6.42 Å². The van der Waals surface area contributed by atoms with Crippen LogP contribution in [0.5, 0.6) is 0 Å². The van der Waals surface area contributed by atoms with Crippen molar-refractivity contribution in [2.24, 2.45) is 0 Å². The summed E-state index contributed by atoms with van der Waals surface area (Å²) >= 11 is 1.65. The molecule has 1 fully saturated rings. The van der Waals surface area contributed by atoms with Crippen LogP contribution < -0.4 is 5.32 Å². The minimum absolute atomic E-state index is 0.139. The van der Waals surface area contributed by atoms with Crippen molar-refractivity contribution >= 4 is 11.3 Å².